The number of carbonyl (C=O) groups excluding carboxylic acids is 2. The number of carbonyl (C=O) groups is 2. The van der Waals surface area contributed by atoms with Crippen LogP contribution in [0.15, 0.2) is 78.9 Å². The number of pyridine rings is 1. The number of amides is 1. The molecule has 1 N–H and O–H groups in total. The van der Waals surface area contributed by atoms with Crippen LogP contribution in [0.1, 0.15) is 16.1 Å². The van der Waals surface area contributed by atoms with Crippen molar-refractivity contribution in [2.75, 3.05) is 7.11 Å². The van der Waals surface area contributed by atoms with Crippen LogP contribution in [0.4, 0.5) is 0 Å². The van der Waals surface area contributed by atoms with E-state index in [2.05, 4.69) is 10.3 Å². The molecule has 29 heavy (non-hydrogen) atoms. The van der Waals surface area contributed by atoms with Crippen molar-refractivity contribution in [1.29, 1.82) is 0 Å². The summed E-state index contributed by atoms with van der Waals surface area (Å²) in [5.74, 6) is -0.903. The fourth-order valence-corrected chi connectivity index (χ4v) is 3.36. The maximum Gasteiger partial charge on any atom is 0.328 e. The molecule has 0 aliphatic heterocycles. The normalized spacial score (nSPS) is 11.9. The van der Waals surface area contributed by atoms with Gasteiger partial charge in [-0.05, 0) is 28.5 Å². The van der Waals surface area contributed by atoms with Crippen molar-refractivity contribution >= 4 is 33.6 Å². The molecule has 5 nitrogen and oxygen atoms in total. The maximum absolute atomic E-state index is 12.7. The largest absolute Gasteiger partial charge is 0.467 e. The Balaban J connectivity index is 1.57. The first-order valence-electron chi connectivity index (χ1n) is 9.36. The first-order chi connectivity index (χ1) is 14.1. The van der Waals surface area contributed by atoms with Gasteiger partial charge in [-0.25, -0.2) is 9.78 Å². The van der Waals surface area contributed by atoms with E-state index in [1.54, 1.807) is 6.07 Å². The molecule has 5 heteroatoms. The lowest BCUT2D eigenvalue weighted by molar-refractivity contribution is -0.142. The maximum atomic E-state index is 12.7. The Kier molecular flexibility index (Phi) is 5.20. The van der Waals surface area contributed by atoms with E-state index in [1.165, 1.54) is 7.11 Å². The third-order valence-corrected chi connectivity index (χ3v) is 4.88. The van der Waals surface area contributed by atoms with E-state index in [9.17, 15) is 9.59 Å². The topological polar surface area (TPSA) is 68.3 Å². The van der Waals surface area contributed by atoms with Crippen LogP contribution in [-0.4, -0.2) is 30.0 Å². The van der Waals surface area contributed by atoms with Gasteiger partial charge in [0, 0.05) is 11.8 Å². The molecule has 1 atom stereocenters. The molecule has 0 unspecified atom stereocenters. The Bertz CT molecular complexity index is 1200. The molecule has 1 aromatic heterocycles. The van der Waals surface area contributed by atoms with Gasteiger partial charge in [0.2, 0.25) is 0 Å². The van der Waals surface area contributed by atoms with Gasteiger partial charge in [0.05, 0.1) is 12.6 Å². The highest BCUT2D eigenvalue weighted by atomic mass is 16.5. The van der Waals surface area contributed by atoms with Crippen molar-refractivity contribution in [2.24, 2.45) is 0 Å². The second kappa shape index (κ2) is 8.10. The Morgan fingerprint density at radius 3 is 2.38 bits per heavy atom. The zero-order valence-corrected chi connectivity index (χ0v) is 16.0. The van der Waals surface area contributed by atoms with Gasteiger partial charge in [0.25, 0.3) is 5.91 Å². The van der Waals surface area contributed by atoms with Crippen LogP contribution in [0.3, 0.4) is 0 Å². The number of hydrogen-bond acceptors (Lipinski definition) is 4. The van der Waals surface area contributed by atoms with E-state index in [0.717, 1.165) is 27.2 Å². The number of methoxy groups -OCH3 is 1. The minimum atomic E-state index is -0.804. The molecule has 4 rings (SSSR count). The number of nitrogens with zero attached hydrogens (tertiary/aromatic N) is 1. The molecule has 0 aliphatic rings. The monoisotopic (exact) mass is 384 g/mol. The van der Waals surface area contributed by atoms with E-state index >= 15 is 0 Å². The summed E-state index contributed by atoms with van der Waals surface area (Å²) >= 11 is 0. The van der Waals surface area contributed by atoms with Gasteiger partial charge >= 0.3 is 5.97 Å². The molecule has 0 fully saturated rings. The van der Waals surface area contributed by atoms with Crippen molar-refractivity contribution in [3.8, 4) is 0 Å². The Labute approximate surface area is 168 Å². The summed E-state index contributed by atoms with van der Waals surface area (Å²) in [5.41, 5.74) is 1.92. The number of ether oxygens (including phenoxy) is 1. The van der Waals surface area contributed by atoms with Crippen LogP contribution in [0.25, 0.3) is 21.7 Å². The van der Waals surface area contributed by atoms with Gasteiger partial charge < -0.3 is 10.1 Å². The van der Waals surface area contributed by atoms with Crippen LogP contribution in [0.2, 0.25) is 0 Å². The summed E-state index contributed by atoms with van der Waals surface area (Å²) in [6, 6.07) is 24.2. The minimum absolute atomic E-state index is 0.260. The number of fused-ring (bicyclic) bond motifs is 2. The number of para-hydroxylation sites is 1. The van der Waals surface area contributed by atoms with E-state index in [0.29, 0.717) is 6.42 Å². The van der Waals surface area contributed by atoms with Gasteiger partial charge in [-0.2, -0.15) is 0 Å². The highest BCUT2D eigenvalue weighted by Crippen LogP contribution is 2.17. The third kappa shape index (κ3) is 4.09. The highest BCUT2D eigenvalue weighted by Gasteiger charge is 2.23. The van der Waals surface area contributed by atoms with Crippen LogP contribution >= 0.6 is 0 Å². The van der Waals surface area contributed by atoms with Crippen LogP contribution in [0, 0.1) is 0 Å². The fraction of sp³-hybridized carbons (Fsp3) is 0.125. The van der Waals surface area contributed by atoms with Crippen molar-refractivity contribution in [2.45, 2.75) is 12.5 Å². The molecule has 0 spiro atoms. The van der Waals surface area contributed by atoms with Crippen molar-refractivity contribution in [1.82, 2.24) is 10.3 Å². The van der Waals surface area contributed by atoms with Gasteiger partial charge in [-0.3, -0.25) is 4.79 Å². The average Bonchev–Trinajstić information content (AvgIpc) is 2.77. The smallest absolute Gasteiger partial charge is 0.328 e. The molecule has 1 heterocycles. The lowest BCUT2D eigenvalue weighted by Crippen LogP contribution is -2.43. The number of rotatable bonds is 5. The number of hydrogen-bond donors (Lipinski definition) is 1. The molecule has 3 aromatic carbocycles. The van der Waals surface area contributed by atoms with Crippen LogP contribution < -0.4 is 5.32 Å². The van der Waals surface area contributed by atoms with Gasteiger partial charge in [0.15, 0.2) is 0 Å². The summed E-state index contributed by atoms with van der Waals surface area (Å²) < 4.78 is 4.90. The van der Waals surface area contributed by atoms with E-state index in [1.807, 2.05) is 72.8 Å². The van der Waals surface area contributed by atoms with E-state index in [4.69, 9.17) is 4.74 Å². The molecular weight excluding hydrogens is 364 g/mol. The van der Waals surface area contributed by atoms with Gasteiger partial charge in [-0.1, -0.05) is 66.7 Å². The summed E-state index contributed by atoms with van der Waals surface area (Å²) in [5, 5.41) is 5.92. The summed E-state index contributed by atoms with van der Waals surface area (Å²) in [4.78, 5) is 29.4. The van der Waals surface area contributed by atoms with Crippen LogP contribution in [-0.2, 0) is 16.0 Å². The summed E-state index contributed by atoms with van der Waals surface area (Å²) in [6.45, 7) is 0. The molecule has 0 aliphatic carbocycles. The molecular formula is C24H20N2O3. The summed E-state index contributed by atoms with van der Waals surface area (Å²) in [7, 11) is 1.32. The standard InChI is InChI=1S/C24H20N2O3/c1-29-24(28)22(15-16-10-11-17-6-2-3-8-19(17)14-16)26-23(27)21-13-12-18-7-4-5-9-20(18)25-21/h2-14,22H,15H2,1H3,(H,26,27)/t22-/m0/s1. The Morgan fingerprint density at radius 1 is 0.897 bits per heavy atom. The van der Waals surface area contributed by atoms with E-state index in [-0.39, 0.29) is 5.69 Å². The molecule has 144 valence electrons. The molecule has 0 bridgehead atoms. The van der Waals surface area contributed by atoms with Crippen molar-refractivity contribution in [3.05, 3.63) is 90.1 Å². The lowest BCUT2D eigenvalue weighted by atomic mass is 10.0. The SMILES string of the molecule is COC(=O)[C@H](Cc1ccc2ccccc2c1)NC(=O)c1ccc2ccccc2n1. The van der Waals surface area contributed by atoms with Crippen molar-refractivity contribution < 1.29 is 14.3 Å². The molecule has 0 saturated heterocycles. The summed E-state index contributed by atoms with van der Waals surface area (Å²) in [6.07, 6.45) is 0.330. The molecule has 0 radical (unpaired) electrons. The minimum Gasteiger partial charge on any atom is -0.467 e. The number of nitrogens with one attached hydrogen (secondary N) is 1. The average molecular weight is 384 g/mol. The van der Waals surface area contributed by atoms with Gasteiger partial charge in [-0.15, -0.1) is 0 Å². The second-order valence-corrected chi connectivity index (χ2v) is 6.82. The predicted octanol–water partition coefficient (Wildman–Crippen LogP) is 3.90. The Hall–Kier alpha value is -3.73. The van der Waals surface area contributed by atoms with Crippen molar-refractivity contribution in [3.63, 3.8) is 0 Å². The number of benzene rings is 3. The first kappa shape index (κ1) is 18.6. The first-order valence-corrected chi connectivity index (χ1v) is 9.36. The fourth-order valence-electron chi connectivity index (χ4n) is 3.36. The lowest BCUT2D eigenvalue weighted by Gasteiger charge is -2.17. The molecule has 1 amide bonds. The van der Waals surface area contributed by atoms with E-state index < -0.39 is 17.9 Å². The van der Waals surface area contributed by atoms with Crippen LogP contribution in [0.5, 0.6) is 0 Å². The predicted molar refractivity (Wildman–Crippen MR) is 113 cm³/mol. The molecule has 0 saturated carbocycles. The number of aromatic nitrogens is 1. The van der Waals surface area contributed by atoms with Gasteiger partial charge in [0.1, 0.15) is 11.7 Å². The molecule has 4 aromatic rings. The number of esters is 1. The highest BCUT2D eigenvalue weighted by molar-refractivity contribution is 5.97. The third-order valence-electron chi connectivity index (χ3n) is 4.88. The quantitative estimate of drug-likeness (QED) is 0.530. The second-order valence-electron chi connectivity index (χ2n) is 6.82. The Morgan fingerprint density at radius 2 is 1.59 bits per heavy atom. The zero-order valence-electron chi connectivity index (χ0n) is 16.0. The zero-order chi connectivity index (χ0) is 20.2.